The Bertz CT molecular complexity index is 1200. The van der Waals surface area contributed by atoms with Crippen LogP contribution in [0, 0.1) is 0 Å². The minimum atomic E-state index is -0.951. The molecule has 4 rings (SSSR count). The van der Waals surface area contributed by atoms with E-state index in [9.17, 15) is 9.59 Å². The fourth-order valence-corrected chi connectivity index (χ4v) is 3.62. The van der Waals surface area contributed by atoms with E-state index in [4.69, 9.17) is 20.8 Å². The van der Waals surface area contributed by atoms with Gasteiger partial charge < -0.3 is 9.15 Å². The number of esters is 1. The van der Waals surface area contributed by atoms with Crippen LogP contribution in [0.4, 0.5) is 5.13 Å². The number of fused-ring (bicyclic) bond motifs is 1. The zero-order valence-corrected chi connectivity index (χ0v) is 17.4. The molecule has 4 aromatic rings. The van der Waals surface area contributed by atoms with E-state index >= 15 is 0 Å². The number of rotatable bonds is 6. The van der Waals surface area contributed by atoms with Gasteiger partial charge in [0.1, 0.15) is 5.52 Å². The molecule has 1 unspecified atom stereocenters. The summed E-state index contributed by atoms with van der Waals surface area (Å²) in [6, 6.07) is 12.0. The van der Waals surface area contributed by atoms with E-state index in [-0.39, 0.29) is 0 Å². The van der Waals surface area contributed by atoms with E-state index in [1.165, 1.54) is 17.7 Å². The van der Waals surface area contributed by atoms with Crippen molar-refractivity contribution in [1.82, 2.24) is 9.97 Å². The monoisotopic (exact) mass is 441 g/mol. The summed E-state index contributed by atoms with van der Waals surface area (Å²) in [6.07, 6.45) is 0.668. The first-order valence-electron chi connectivity index (χ1n) is 9.10. The quantitative estimate of drug-likeness (QED) is 0.414. The van der Waals surface area contributed by atoms with Crippen LogP contribution in [-0.4, -0.2) is 27.9 Å². The average molecular weight is 442 g/mol. The molecule has 0 aliphatic rings. The van der Waals surface area contributed by atoms with Crippen molar-refractivity contribution in [2.75, 3.05) is 5.32 Å². The summed E-state index contributed by atoms with van der Waals surface area (Å²) in [5, 5.41) is 5.60. The predicted molar refractivity (Wildman–Crippen MR) is 115 cm³/mol. The third-order valence-corrected chi connectivity index (χ3v) is 5.36. The zero-order chi connectivity index (χ0) is 21.1. The third-order valence-electron chi connectivity index (χ3n) is 4.35. The highest BCUT2D eigenvalue weighted by atomic mass is 35.5. The smallest absolute Gasteiger partial charge is 0.338 e. The van der Waals surface area contributed by atoms with Crippen LogP contribution in [-0.2, 0) is 9.53 Å². The molecule has 0 saturated heterocycles. The van der Waals surface area contributed by atoms with E-state index < -0.39 is 18.0 Å². The van der Waals surface area contributed by atoms with Gasteiger partial charge in [-0.2, -0.15) is 0 Å². The lowest BCUT2D eigenvalue weighted by molar-refractivity contribution is -0.124. The normalized spacial score (nSPS) is 11.9. The molecule has 2 heterocycles. The zero-order valence-electron chi connectivity index (χ0n) is 15.8. The van der Waals surface area contributed by atoms with Gasteiger partial charge in [-0.05, 0) is 36.8 Å². The van der Waals surface area contributed by atoms with Gasteiger partial charge in [-0.3, -0.25) is 10.1 Å². The van der Waals surface area contributed by atoms with Crippen LogP contribution >= 0.6 is 22.9 Å². The molecule has 0 fully saturated rings. The van der Waals surface area contributed by atoms with E-state index in [0.29, 0.717) is 33.2 Å². The van der Waals surface area contributed by atoms with Gasteiger partial charge in [-0.1, -0.05) is 30.7 Å². The molecule has 0 saturated carbocycles. The number of carbonyl (C=O) groups is 2. The maximum Gasteiger partial charge on any atom is 0.338 e. The van der Waals surface area contributed by atoms with Crippen molar-refractivity contribution in [3.63, 3.8) is 0 Å². The van der Waals surface area contributed by atoms with E-state index in [0.717, 1.165) is 11.3 Å². The van der Waals surface area contributed by atoms with Crippen molar-refractivity contribution in [2.24, 2.45) is 0 Å². The van der Waals surface area contributed by atoms with Gasteiger partial charge in [0.15, 0.2) is 23.2 Å². The predicted octanol–water partition coefficient (Wildman–Crippen LogP) is 5.18. The summed E-state index contributed by atoms with van der Waals surface area (Å²) < 4.78 is 10.6. The van der Waals surface area contributed by atoms with Crippen LogP contribution in [0.25, 0.3) is 22.4 Å². The number of amides is 1. The van der Waals surface area contributed by atoms with Crippen LogP contribution < -0.4 is 5.32 Å². The van der Waals surface area contributed by atoms with Crippen molar-refractivity contribution in [1.29, 1.82) is 0 Å². The number of ether oxygens (including phenoxy) is 1. The van der Waals surface area contributed by atoms with E-state index in [1.807, 2.05) is 17.5 Å². The van der Waals surface area contributed by atoms with Gasteiger partial charge in [0.25, 0.3) is 5.91 Å². The number of halogens is 1. The molecule has 0 spiro atoms. The Morgan fingerprint density at radius 3 is 2.80 bits per heavy atom. The highest BCUT2D eigenvalue weighted by Gasteiger charge is 2.23. The van der Waals surface area contributed by atoms with Crippen LogP contribution in [0.15, 0.2) is 58.7 Å². The molecular formula is C21H16ClN3O4S. The van der Waals surface area contributed by atoms with Crippen molar-refractivity contribution in [3.8, 4) is 11.3 Å². The number of carbonyl (C=O) groups excluding carboxylic acids is 2. The molecule has 9 heteroatoms. The molecule has 2 aromatic heterocycles. The molecule has 1 atom stereocenters. The fraction of sp³-hybridized carbons (Fsp3) is 0.143. The summed E-state index contributed by atoms with van der Waals surface area (Å²) in [6.45, 7) is 1.76. The van der Waals surface area contributed by atoms with E-state index in [1.54, 1.807) is 37.3 Å². The minimum absolute atomic E-state index is 0.293. The maximum atomic E-state index is 12.6. The number of nitrogens with zero attached hydrogens (tertiary/aromatic N) is 2. The van der Waals surface area contributed by atoms with Gasteiger partial charge in [-0.15, -0.1) is 11.3 Å². The minimum Gasteiger partial charge on any atom is -0.449 e. The van der Waals surface area contributed by atoms with Crippen LogP contribution in [0.5, 0.6) is 0 Å². The van der Waals surface area contributed by atoms with Crippen LogP contribution in [0.2, 0.25) is 5.02 Å². The van der Waals surface area contributed by atoms with Crippen LogP contribution in [0.3, 0.4) is 0 Å². The SMILES string of the molecule is CCC(OC(=O)c1ccc2ocnc2c1)C(=O)Nc1nc(-c2ccc(Cl)cc2)cs1. The lowest BCUT2D eigenvalue weighted by Gasteiger charge is -2.15. The highest BCUT2D eigenvalue weighted by Crippen LogP contribution is 2.26. The Balaban J connectivity index is 1.42. The van der Waals surface area contributed by atoms with Crippen molar-refractivity contribution >= 4 is 51.0 Å². The standard InChI is InChI=1S/C21H16ClN3O4S/c1-2-17(29-20(27)13-5-8-18-15(9-13)23-11-28-18)19(26)25-21-24-16(10-30-21)12-3-6-14(22)7-4-12/h3-11,17H,2H2,1H3,(H,24,25,26). The highest BCUT2D eigenvalue weighted by molar-refractivity contribution is 7.14. The molecule has 30 heavy (non-hydrogen) atoms. The number of anilines is 1. The number of hydrogen-bond donors (Lipinski definition) is 1. The van der Waals surface area contributed by atoms with Gasteiger partial charge in [0, 0.05) is 16.0 Å². The molecular weight excluding hydrogens is 426 g/mol. The largest absolute Gasteiger partial charge is 0.449 e. The van der Waals surface area contributed by atoms with Crippen LogP contribution in [0.1, 0.15) is 23.7 Å². The first-order chi connectivity index (χ1) is 14.5. The fourth-order valence-electron chi connectivity index (χ4n) is 2.77. The molecule has 152 valence electrons. The second kappa shape index (κ2) is 8.64. The summed E-state index contributed by atoms with van der Waals surface area (Å²) in [4.78, 5) is 33.5. The van der Waals surface area contributed by atoms with E-state index in [2.05, 4.69) is 15.3 Å². The number of nitrogens with one attached hydrogen (secondary N) is 1. The van der Waals surface area contributed by atoms with Gasteiger partial charge >= 0.3 is 5.97 Å². The Hall–Kier alpha value is -3.23. The second-order valence-electron chi connectivity index (χ2n) is 6.37. The lowest BCUT2D eigenvalue weighted by atomic mass is 10.2. The summed E-state index contributed by atoms with van der Waals surface area (Å²) in [5.74, 6) is -1.05. The molecule has 0 radical (unpaired) electrons. The summed E-state index contributed by atoms with van der Waals surface area (Å²) in [5.41, 5.74) is 3.01. The topological polar surface area (TPSA) is 94.3 Å². The Labute approximate surface area is 180 Å². The van der Waals surface area contributed by atoms with Crippen molar-refractivity contribution in [2.45, 2.75) is 19.4 Å². The Morgan fingerprint density at radius 2 is 2.03 bits per heavy atom. The second-order valence-corrected chi connectivity index (χ2v) is 7.67. The molecule has 2 aromatic carbocycles. The lowest BCUT2D eigenvalue weighted by Crippen LogP contribution is -2.32. The number of hydrogen-bond acceptors (Lipinski definition) is 7. The van der Waals surface area contributed by atoms with Gasteiger partial charge in [0.2, 0.25) is 0 Å². The molecule has 0 aliphatic heterocycles. The number of aromatic nitrogens is 2. The third kappa shape index (κ3) is 4.34. The first kappa shape index (κ1) is 20.1. The maximum absolute atomic E-state index is 12.6. The Morgan fingerprint density at radius 1 is 1.23 bits per heavy atom. The molecule has 7 nitrogen and oxygen atoms in total. The number of thiazole rings is 1. The Kier molecular flexibility index (Phi) is 5.78. The van der Waals surface area contributed by atoms with Gasteiger partial charge in [0.05, 0.1) is 11.3 Å². The molecule has 0 bridgehead atoms. The first-order valence-corrected chi connectivity index (χ1v) is 10.4. The average Bonchev–Trinajstić information content (AvgIpc) is 3.41. The van der Waals surface area contributed by atoms with Crippen molar-refractivity contribution in [3.05, 3.63) is 64.8 Å². The summed E-state index contributed by atoms with van der Waals surface area (Å²) in [7, 11) is 0. The number of benzene rings is 2. The summed E-state index contributed by atoms with van der Waals surface area (Å²) >= 11 is 7.20. The van der Waals surface area contributed by atoms with Crippen molar-refractivity contribution < 1.29 is 18.7 Å². The number of oxazole rings is 1. The van der Waals surface area contributed by atoms with Gasteiger partial charge in [-0.25, -0.2) is 14.8 Å². The molecule has 0 aliphatic carbocycles. The molecule has 1 amide bonds. The molecule has 1 N–H and O–H groups in total.